The molecule has 0 spiro atoms. The summed E-state index contributed by atoms with van der Waals surface area (Å²) < 4.78 is 14.0. The summed E-state index contributed by atoms with van der Waals surface area (Å²) in [5.41, 5.74) is 1.16. The normalized spacial score (nSPS) is 20.2. The van der Waals surface area contributed by atoms with E-state index in [2.05, 4.69) is 48.5 Å². The summed E-state index contributed by atoms with van der Waals surface area (Å²) in [6, 6.07) is 7.43. The standard InChI is InChI=1S/C22H31FN8/c1-24-22(28-18-6-9-31(16-18)21-19(23)4-3-7-26-21)27-15-17-5-8-25-20(14-17)30-12-10-29(2)11-13-30/h3-5,7-8,14,18H,6,9-13,15-16H2,1-2H3,(H2,24,27,28). The van der Waals surface area contributed by atoms with Crippen LogP contribution < -0.4 is 20.4 Å². The zero-order chi connectivity index (χ0) is 21.6. The first-order valence-corrected chi connectivity index (χ1v) is 10.8. The number of piperazine rings is 1. The molecular formula is C22H31FN8. The van der Waals surface area contributed by atoms with Crippen LogP contribution in [-0.4, -0.2) is 80.2 Å². The first kappa shape index (κ1) is 21.3. The number of nitrogens with one attached hydrogen (secondary N) is 2. The molecule has 4 heterocycles. The molecule has 2 saturated heterocycles. The van der Waals surface area contributed by atoms with Gasteiger partial charge in [0.2, 0.25) is 0 Å². The van der Waals surface area contributed by atoms with E-state index in [-0.39, 0.29) is 11.9 Å². The first-order valence-electron chi connectivity index (χ1n) is 10.8. The van der Waals surface area contributed by atoms with Crippen LogP contribution in [0.3, 0.4) is 0 Å². The van der Waals surface area contributed by atoms with Crippen LogP contribution in [0.15, 0.2) is 41.7 Å². The minimum atomic E-state index is -0.278. The van der Waals surface area contributed by atoms with Crippen LogP contribution in [0.25, 0.3) is 0 Å². The maximum absolute atomic E-state index is 14.0. The van der Waals surface area contributed by atoms with Crippen molar-refractivity contribution < 1.29 is 4.39 Å². The number of likely N-dealkylation sites (N-methyl/N-ethyl adjacent to an activating group) is 1. The van der Waals surface area contributed by atoms with Crippen LogP contribution in [0.2, 0.25) is 0 Å². The number of rotatable bonds is 5. The van der Waals surface area contributed by atoms with E-state index in [1.54, 1.807) is 19.3 Å². The predicted molar refractivity (Wildman–Crippen MR) is 122 cm³/mol. The van der Waals surface area contributed by atoms with Gasteiger partial charge in [-0.3, -0.25) is 4.99 Å². The number of guanidine groups is 1. The molecule has 0 aliphatic carbocycles. The van der Waals surface area contributed by atoms with E-state index >= 15 is 0 Å². The van der Waals surface area contributed by atoms with E-state index in [4.69, 9.17) is 0 Å². The van der Waals surface area contributed by atoms with Crippen molar-refractivity contribution in [3.05, 3.63) is 48.0 Å². The summed E-state index contributed by atoms with van der Waals surface area (Å²) >= 11 is 0. The molecule has 2 fully saturated rings. The second kappa shape index (κ2) is 9.91. The second-order valence-electron chi connectivity index (χ2n) is 8.12. The van der Waals surface area contributed by atoms with Crippen molar-refractivity contribution in [2.75, 3.05) is 63.2 Å². The van der Waals surface area contributed by atoms with Gasteiger partial charge in [-0.05, 0) is 43.3 Å². The number of aromatic nitrogens is 2. The Bertz CT molecular complexity index is 897. The maximum Gasteiger partial charge on any atom is 0.191 e. The zero-order valence-corrected chi connectivity index (χ0v) is 18.3. The summed E-state index contributed by atoms with van der Waals surface area (Å²) in [6.45, 7) is 6.23. The average Bonchev–Trinajstić information content (AvgIpc) is 3.26. The van der Waals surface area contributed by atoms with Crippen LogP contribution in [0.1, 0.15) is 12.0 Å². The van der Waals surface area contributed by atoms with Crippen molar-refractivity contribution in [1.29, 1.82) is 0 Å². The molecule has 2 aliphatic rings. The lowest BCUT2D eigenvalue weighted by atomic mass is 10.2. The fourth-order valence-corrected chi connectivity index (χ4v) is 4.03. The van der Waals surface area contributed by atoms with Crippen molar-refractivity contribution in [3.8, 4) is 0 Å². The molecule has 1 unspecified atom stereocenters. The van der Waals surface area contributed by atoms with Crippen LogP contribution in [0.4, 0.5) is 16.0 Å². The summed E-state index contributed by atoms with van der Waals surface area (Å²) in [5, 5.41) is 6.85. The van der Waals surface area contributed by atoms with Crippen molar-refractivity contribution in [1.82, 2.24) is 25.5 Å². The average molecular weight is 427 g/mol. The van der Waals surface area contributed by atoms with Crippen LogP contribution >= 0.6 is 0 Å². The molecule has 0 bridgehead atoms. The third-order valence-corrected chi connectivity index (χ3v) is 5.89. The van der Waals surface area contributed by atoms with Gasteiger partial charge in [-0.2, -0.15) is 0 Å². The zero-order valence-electron chi connectivity index (χ0n) is 18.3. The summed E-state index contributed by atoms with van der Waals surface area (Å²) in [4.78, 5) is 19.7. The fourth-order valence-electron chi connectivity index (χ4n) is 4.03. The lowest BCUT2D eigenvalue weighted by molar-refractivity contribution is 0.312. The third-order valence-electron chi connectivity index (χ3n) is 5.89. The summed E-state index contributed by atoms with van der Waals surface area (Å²) in [6.07, 6.45) is 4.40. The minimum absolute atomic E-state index is 0.186. The molecule has 2 N–H and O–H groups in total. The van der Waals surface area contributed by atoms with Gasteiger partial charge in [0.25, 0.3) is 0 Å². The Morgan fingerprint density at radius 3 is 2.74 bits per heavy atom. The van der Waals surface area contributed by atoms with Gasteiger partial charge in [0.15, 0.2) is 17.6 Å². The Hall–Kier alpha value is -2.94. The summed E-state index contributed by atoms with van der Waals surface area (Å²) in [5.74, 6) is 1.91. The lowest BCUT2D eigenvalue weighted by Crippen LogP contribution is -2.45. The monoisotopic (exact) mass is 426 g/mol. The molecule has 0 amide bonds. The van der Waals surface area contributed by atoms with E-state index in [0.29, 0.717) is 18.9 Å². The van der Waals surface area contributed by atoms with Gasteiger partial charge in [-0.15, -0.1) is 0 Å². The predicted octanol–water partition coefficient (Wildman–Crippen LogP) is 1.31. The molecule has 166 valence electrons. The highest BCUT2D eigenvalue weighted by molar-refractivity contribution is 5.80. The Balaban J connectivity index is 1.29. The molecular weight excluding hydrogens is 395 g/mol. The maximum atomic E-state index is 14.0. The van der Waals surface area contributed by atoms with Gasteiger partial charge >= 0.3 is 0 Å². The van der Waals surface area contributed by atoms with E-state index in [9.17, 15) is 4.39 Å². The second-order valence-corrected chi connectivity index (χ2v) is 8.12. The number of nitrogens with zero attached hydrogens (tertiary/aromatic N) is 6. The number of aliphatic imine (C=N–C) groups is 1. The smallest absolute Gasteiger partial charge is 0.191 e. The molecule has 2 aromatic heterocycles. The molecule has 0 radical (unpaired) electrons. The van der Waals surface area contributed by atoms with Crippen molar-refractivity contribution >= 4 is 17.6 Å². The van der Waals surface area contributed by atoms with Crippen molar-refractivity contribution in [2.45, 2.75) is 19.0 Å². The van der Waals surface area contributed by atoms with E-state index in [1.165, 1.54) is 6.07 Å². The van der Waals surface area contributed by atoms with Crippen LogP contribution in [-0.2, 0) is 6.54 Å². The number of pyridine rings is 2. The SMILES string of the molecule is CN=C(NCc1ccnc(N2CCN(C)CC2)c1)NC1CCN(c2ncccc2F)C1. The molecule has 2 aliphatic heterocycles. The van der Waals surface area contributed by atoms with Crippen LogP contribution in [0, 0.1) is 5.82 Å². The quantitative estimate of drug-likeness (QED) is 0.552. The van der Waals surface area contributed by atoms with Crippen molar-refractivity contribution in [2.24, 2.45) is 4.99 Å². The van der Waals surface area contributed by atoms with Crippen molar-refractivity contribution in [3.63, 3.8) is 0 Å². The van der Waals surface area contributed by atoms with E-state index in [1.807, 2.05) is 17.2 Å². The number of hydrogen-bond acceptors (Lipinski definition) is 6. The number of anilines is 2. The molecule has 9 heteroatoms. The van der Waals surface area contributed by atoms with Gasteiger partial charge in [0, 0.05) is 71.3 Å². The Morgan fingerprint density at radius 2 is 1.97 bits per heavy atom. The Labute approximate surface area is 183 Å². The van der Waals surface area contributed by atoms with Gasteiger partial charge in [0.05, 0.1) is 0 Å². The number of halogens is 1. The first-order chi connectivity index (χ1) is 15.1. The largest absolute Gasteiger partial charge is 0.354 e. The number of hydrogen-bond donors (Lipinski definition) is 2. The molecule has 1 atom stereocenters. The summed E-state index contributed by atoms with van der Waals surface area (Å²) in [7, 11) is 3.92. The highest BCUT2D eigenvalue weighted by atomic mass is 19.1. The molecule has 2 aromatic rings. The topological polar surface area (TPSA) is 71.9 Å². The molecule has 8 nitrogen and oxygen atoms in total. The fraction of sp³-hybridized carbons (Fsp3) is 0.500. The molecule has 4 rings (SSSR count). The Morgan fingerprint density at radius 1 is 1.13 bits per heavy atom. The van der Waals surface area contributed by atoms with Crippen LogP contribution in [0.5, 0.6) is 0 Å². The van der Waals surface area contributed by atoms with Gasteiger partial charge in [0.1, 0.15) is 5.82 Å². The van der Waals surface area contributed by atoms with E-state index in [0.717, 1.165) is 56.5 Å². The van der Waals surface area contributed by atoms with Gasteiger partial charge in [-0.1, -0.05) is 0 Å². The molecule has 0 saturated carbocycles. The highest BCUT2D eigenvalue weighted by Gasteiger charge is 2.26. The molecule has 31 heavy (non-hydrogen) atoms. The van der Waals surface area contributed by atoms with Gasteiger partial charge in [-0.25, -0.2) is 14.4 Å². The minimum Gasteiger partial charge on any atom is -0.354 e. The highest BCUT2D eigenvalue weighted by Crippen LogP contribution is 2.20. The van der Waals surface area contributed by atoms with E-state index < -0.39 is 0 Å². The molecule has 0 aromatic carbocycles. The lowest BCUT2D eigenvalue weighted by Gasteiger charge is -2.33. The third kappa shape index (κ3) is 5.41. The van der Waals surface area contributed by atoms with Gasteiger partial charge < -0.3 is 25.3 Å². The Kier molecular flexibility index (Phi) is 6.81.